The van der Waals surface area contributed by atoms with E-state index in [0.717, 1.165) is 92.6 Å². The summed E-state index contributed by atoms with van der Waals surface area (Å²) in [5, 5.41) is 17.4. The second kappa shape index (κ2) is 13.0. The first-order valence-corrected chi connectivity index (χ1v) is 14.2. The summed E-state index contributed by atoms with van der Waals surface area (Å²) in [6, 6.07) is 15.4. The molecule has 216 valence electrons. The molecule has 4 N–H and O–H groups in total. The van der Waals surface area contributed by atoms with Gasteiger partial charge in [0.05, 0.1) is 11.0 Å². The second-order valence-corrected chi connectivity index (χ2v) is 10.6. The molecule has 5 rings (SSSR count). The van der Waals surface area contributed by atoms with Crippen LogP contribution in [-0.4, -0.2) is 58.8 Å². The molecule has 0 amide bonds. The molecule has 0 aliphatic rings. The number of hydrogen-bond acceptors (Lipinski definition) is 5. The highest BCUT2D eigenvalue weighted by Crippen LogP contribution is 2.33. The Balaban J connectivity index is 1.53. The third kappa shape index (κ3) is 6.51. The fraction of sp³-hybridized carbons (Fsp3) is 0.235. The van der Waals surface area contributed by atoms with Crippen LogP contribution < -0.4 is 21.2 Å². The predicted octanol–water partition coefficient (Wildman–Crippen LogP) is 5.14. The fourth-order valence-electron chi connectivity index (χ4n) is 5.03. The van der Waals surface area contributed by atoms with Gasteiger partial charge in [-0.25, -0.2) is 4.39 Å². The zero-order chi connectivity index (χ0) is 29.6. The van der Waals surface area contributed by atoms with E-state index in [1.54, 1.807) is 6.07 Å². The van der Waals surface area contributed by atoms with Gasteiger partial charge in [-0.1, -0.05) is 31.7 Å². The Morgan fingerprint density at radius 1 is 1.12 bits per heavy atom. The van der Waals surface area contributed by atoms with Gasteiger partial charge >= 0.3 is 0 Å². The second-order valence-electron chi connectivity index (χ2n) is 10.6. The van der Waals surface area contributed by atoms with Crippen molar-refractivity contribution in [1.29, 1.82) is 0 Å². The third-order valence-corrected chi connectivity index (χ3v) is 7.20. The Hall–Kier alpha value is -4.53. The van der Waals surface area contributed by atoms with Gasteiger partial charge in [0.2, 0.25) is 0 Å². The van der Waals surface area contributed by atoms with E-state index in [1.165, 1.54) is 6.07 Å². The Labute approximate surface area is 245 Å². The molecule has 0 atom stereocenters. The number of aromatic amines is 2. The smallest absolute Gasteiger partial charge is 0.125 e. The molecule has 7 nitrogen and oxygen atoms in total. The average molecular weight is 564 g/mol. The molecular formula is C34H38FN7. The van der Waals surface area contributed by atoms with Crippen molar-refractivity contribution in [3.05, 3.63) is 95.0 Å². The van der Waals surface area contributed by atoms with E-state index < -0.39 is 0 Å². The third-order valence-electron chi connectivity index (χ3n) is 7.20. The Bertz CT molecular complexity index is 1830. The highest BCUT2D eigenvalue weighted by molar-refractivity contribution is 5.98. The van der Waals surface area contributed by atoms with Crippen LogP contribution in [0.4, 0.5) is 10.1 Å². The van der Waals surface area contributed by atoms with Gasteiger partial charge in [-0.3, -0.25) is 10.1 Å². The number of allylic oxidation sites excluding steroid dienone is 1. The maximum atomic E-state index is 14.7. The van der Waals surface area contributed by atoms with Gasteiger partial charge in [0.15, 0.2) is 0 Å². The molecule has 0 spiro atoms. The number of hydrogen-bond donors (Lipinski definition) is 4. The van der Waals surface area contributed by atoms with Gasteiger partial charge in [-0.05, 0) is 97.9 Å². The number of likely N-dealkylation sites (N-methyl/N-ethyl adjacent to an activating group) is 1. The van der Waals surface area contributed by atoms with E-state index in [2.05, 4.69) is 61.3 Å². The van der Waals surface area contributed by atoms with Crippen LogP contribution in [-0.2, 0) is 6.54 Å². The highest BCUT2D eigenvalue weighted by atomic mass is 19.1. The number of nitrogens with zero attached hydrogens (tertiary/aromatic N) is 3. The molecular weight excluding hydrogens is 525 g/mol. The van der Waals surface area contributed by atoms with Crippen molar-refractivity contribution in [3.8, 4) is 22.5 Å². The first-order valence-electron chi connectivity index (χ1n) is 14.2. The van der Waals surface area contributed by atoms with Crippen LogP contribution in [0.5, 0.6) is 0 Å². The number of aromatic nitrogens is 4. The van der Waals surface area contributed by atoms with Crippen LogP contribution in [0.25, 0.3) is 51.1 Å². The van der Waals surface area contributed by atoms with Gasteiger partial charge in [0.25, 0.3) is 0 Å². The van der Waals surface area contributed by atoms with Gasteiger partial charge < -0.3 is 20.5 Å². The van der Waals surface area contributed by atoms with E-state index in [1.807, 2.05) is 69.8 Å². The topological polar surface area (TPSA) is 84.7 Å². The van der Waals surface area contributed by atoms with E-state index in [-0.39, 0.29) is 5.82 Å². The quantitative estimate of drug-likeness (QED) is 0.179. The molecule has 42 heavy (non-hydrogen) atoms. The average Bonchev–Trinajstić information content (AvgIpc) is 3.59. The molecule has 0 aliphatic heterocycles. The molecule has 0 saturated carbocycles. The first-order chi connectivity index (χ1) is 20.4. The van der Waals surface area contributed by atoms with Crippen molar-refractivity contribution in [2.75, 3.05) is 39.0 Å². The largest absolute Gasteiger partial charge is 0.384 e. The molecule has 0 unspecified atom stereocenters. The van der Waals surface area contributed by atoms with Crippen molar-refractivity contribution >= 4 is 34.3 Å². The molecule has 3 heterocycles. The number of anilines is 1. The number of fused-ring (bicyclic) bond motifs is 1. The standard InChI is InChI=1S/C34H38FN7/c1-6-31-30(13-22(3)25-14-23(19-36-7-2)20-37-21-25)34(41-40-31)33-18-29-28(9-8-10-32(29)39-33)24-15-26(35)17-27(16-24)38-11-12-42(4)5/h6,8-10,13-18,20-21,36,38-40H,3,7,11-12,19H2,1-2,4-5H3/b30-13+,31-6+. The zero-order valence-electron chi connectivity index (χ0n) is 24.7. The predicted molar refractivity (Wildman–Crippen MR) is 173 cm³/mol. The SMILES string of the molecule is C=C(/C=c1/c(-c2cc3c(-c4cc(F)cc(NCCN(C)C)c4)cccc3[nH]2)n[nH]/c1=C/C)c1cncc(CNCC)c1. The number of pyridine rings is 1. The minimum atomic E-state index is -0.275. The summed E-state index contributed by atoms with van der Waals surface area (Å²) in [6.07, 6.45) is 7.76. The monoisotopic (exact) mass is 563 g/mol. The van der Waals surface area contributed by atoms with Crippen LogP contribution >= 0.6 is 0 Å². The summed E-state index contributed by atoms with van der Waals surface area (Å²) in [7, 11) is 4.04. The molecule has 0 bridgehead atoms. The van der Waals surface area contributed by atoms with Crippen LogP contribution in [0.15, 0.2) is 67.5 Å². The number of halogens is 1. The van der Waals surface area contributed by atoms with Crippen molar-refractivity contribution in [1.82, 2.24) is 30.4 Å². The molecule has 0 fully saturated rings. The Kier molecular flexibility index (Phi) is 8.95. The maximum absolute atomic E-state index is 14.7. The summed E-state index contributed by atoms with van der Waals surface area (Å²) in [5.41, 5.74) is 8.02. The molecule has 5 aromatic rings. The summed E-state index contributed by atoms with van der Waals surface area (Å²) in [5.74, 6) is -0.275. The normalized spacial score (nSPS) is 12.5. The van der Waals surface area contributed by atoms with Crippen molar-refractivity contribution in [2.45, 2.75) is 20.4 Å². The number of benzene rings is 2. The number of rotatable bonds is 11. The van der Waals surface area contributed by atoms with Crippen molar-refractivity contribution in [2.24, 2.45) is 0 Å². The fourth-order valence-corrected chi connectivity index (χ4v) is 5.03. The molecule has 2 aromatic carbocycles. The summed E-state index contributed by atoms with van der Waals surface area (Å²) < 4.78 is 14.7. The lowest BCUT2D eigenvalue weighted by Crippen LogP contribution is -2.23. The van der Waals surface area contributed by atoms with Crippen LogP contribution in [0.3, 0.4) is 0 Å². The molecule has 0 saturated heterocycles. The Morgan fingerprint density at radius 3 is 2.76 bits per heavy atom. The molecule has 0 radical (unpaired) electrons. The molecule has 3 aromatic heterocycles. The number of H-pyrrole nitrogens is 2. The van der Waals surface area contributed by atoms with Gasteiger partial charge in [-0.15, -0.1) is 0 Å². The Morgan fingerprint density at radius 2 is 1.98 bits per heavy atom. The zero-order valence-corrected chi connectivity index (χ0v) is 24.7. The lowest BCUT2D eigenvalue weighted by atomic mass is 10.0. The minimum Gasteiger partial charge on any atom is -0.384 e. The highest BCUT2D eigenvalue weighted by Gasteiger charge is 2.14. The van der Waals surface area contributed by atoms with Gasteiger partial charge in [0, 0.05) is 53.8 Å². The minimum absolute atomic E-state index is 0.275. The van der Waals surface area contributed by atoms with Gasteiger partial charge in [0.1, 0.15) is 11.5 Å². The first kappa shape index (κ1) is 29.0. The summed E-state index contributed by atoms with van der Waals surface area (Å²) in [4.78, 5) is 10.1. The van der Waals surface area contributed by atoms with E-state index in [0.29, 0.717) is 0 Å². The lowest BCUT2D eigenvalue weighted by molar-refractivity contribution is 0.425. The summed E-state index contributed by atoms with van der Waals surface area (Å²) in [6.45, 7) is 11.6. The molecule has 8 heteroatoms. The maximum Gasteiger partial charge on any atom is 0.125 e. The van der Waals surface area contributed by atoms with E-state index in [4.69, 9.17) is 0 Å². The molecule has 0 aliphatic carbocycles. The van der Waals surface area contributed by atoms with Crippen LogP contribution in [0, 0.1) is 5.82 Å². The summed E-state index contributed by atoms with van der Waals surface area (Å²) >= 11 is 0. The van der Waals surface area contributed by atoms with Gasteiger partial charge in [-0.2, -0.15) is 5.10 Å². The van der Waals surface area contributed by atoms with E-state index >= 15 is 0 Å². The van der Waals surface area contributed by atoms with Crippen molar-refractivity contribution in [3.63, 3.8) is 0 Å². The van der Waals surface area contributed by atoms with Crippen LogP contribution in [0.1, 0.15) is 25.0 Å². The van der Waals surface area contributed by atoms with Crippen LogP contribution in [0.2, 0.25) is 0 Å². The van der Waals surface area contributed by atoms with E-state index in [9.17, 15) is 4.39 Å². The lowest BCUT2D eigenvalue weighted by Gasteiger charge is -2.13. The number of nitrogens with one attached hydrogen (secondary N) is 4. The van der Waals surface area contributed by atoms with Crippen molar-refractivity contribution < 1.29 is 4.39 Å².